The van der Waals surface area contributed by atoms with E-state index in [-0.39, 0.29) is 5.82 Å². The molecule has 2 aromatic rings. The molecule has 2 rings (SSSR count). The first-order chi connectivity index (χ1) is 7.16. The van der Waals surface area contributed by atoms with Gasteiger partial charge in [-0.25, -0.2) is 4.39 Å². The molecule has 0 aliphatic heterocycles. The van der Waals surface area contributed by atoms with Crippen LogP contribution in [-0.2, 0) is 0 Å². The Morgan fingerprint density at radius 1 is 1.00 bits per heavy atom. The minimum Gasteiger partial charge on any atom is -0.398 e. The molecule has 2 N–H and O–H groups in total. The Kier molecular flexibility index (Phi) is 2.42. The first kappa shape index (κ1) is 9.71. The number of hydrogen-bond acceptors (Lipinski definition) is 1. The average Bonchev–Trinajstić information content (AvgIpc) is 2.20. The molecule has 0 aliphatic carbocycles. The second-order valence-electron chi connectivity index (χ2n) is 3.60. The summed E-state index contributed by atoms with van der Waals surface area (Å²) in [7, 11) is 0. The highest BCUT2D eigenvalue weighted by Gasteiger charge is 2.02. The van der Waals surface area contributed by atoms with Crippen LogP contribution in [-0.4, -0.2) is 0 Å². The molecule has 1 nitrogen and oxygen atoms in total. The van der Waals surface area contributed by atoms with Gasteiger partial charge in [0.25, 0.3) is 0 Å². The molecule has 15 heavy (non-hydrogen) atoms. The molecule has 0 atom stereocenters. The Balaban J connectivity index is 2.49. The predicted octanol–water partition coefficient (Wildman–Crippen LogP) is 3.38. The first-order valence-electron chi connectivity index (χ1n) is 4.79. The van der Waals surface area contributed by atoms with Crippen LogP contribution in [0.25, 0.3) is 11.1 Å². The molecule has 0 saturated carbocycles. The third kappa shape index (κ3) is 1.99. The van der Waals surface area contributed by atoms with Crippen molar-refractivity contribution < 1.29 is 4.39 Å². The van der Waals surface area contributed by atoms with Gasteiger partial charge in [0.2, 0.25) is 0 Å². The Bertz CT molecular complexity index is 474. The largest absolute Gasteiger partial charge is 0.398 e. The Hall–Kier alpha value is -1.83. The van der Waals surface area contributed by atoms with E-state index < -0.39 is 0 Å². The molecular weight excluding hydrogens is 189 g/mol. The van der Waals surface area contributed by atoms with Crippen molar-refractivity contribution in [2.45, 2.75) is 6.92 Å². The highest BCUT2D eigenvalue weighted by Crippen LogP contribution is 2.26. The fourth-order valence-corrected chi connectivity index (χ4v) is 1.57. The van der Waals surface area contributed by atoms with Crippen LogP contribution in [0.4, 0.5) is 10.1 Å². The normalized spacial score (nSPS) is 10.3. The van der Waals surface area contributed by atoms with Gasteiger partial charge in [-0.1, -0.05) is 24.3 Å². The minimum atomic E-state index is -0.232. The van der Waals surface area contributed by atoms with Crippen molar-refractivity contribution in [3.63, 3.8) is 0 Å². The van der Waals surface area contributed by atoms with Crippen LogP contribution >= 0.6 is 0 Å². The average molecular weight is 201 g/mol. The maximum absolute atomic E-state index is 12.7. The molecular formula is C13H12FN. The smallest absolute Gasteiger partial charge is 0.123 e. The number of nitrogens with two attached hydrogens (primary N) is 1. The summed E-state index contributed by atoms with van der Waals surface area (Å²) >= 11 is 0. The van der Waals surface area contributed by atoms with Crippen LogP contribution in [0.3, 0.4) is 0 Å². The van der Waals surface area contributed by atoms with Crippen molar-refractivity contribution in [1.82, 2.24) is 0 Å². The highest BCUT2D eigenvalue weighted by atomic mass is 19.1. The van der Waals surface area contributed by atoms with Crippen LogP contribution in [0.5, 0.6) is 0 Å². The van der Waals surface area contributed by atoms with Gasteiger partial charge >= 0.3 is 0 Å². The number of aryl methyl sites for hydroxylation is 1. The van der Waals surface area contributed by atoms with Gasteiger partial charge in [0.15, 0.2) is 0 Å². The molecule has 2 heteroatoms. The molecule has 2 aromatic carbocycles. The Morgan fingerprint density at radius 2 is 1.67 bits per heavy atom. The van der Waals surface area contributed by atoms with E-state index in [0.717, 1.165) is 22.4 Å². The molecule has 76 valence electrons. The van der Waals surface area contributed by atoms with E-state index in [4.69, 9.17) is 5.73 Å². The number of rotatable bonds is 1. The quantitative estimate of drug-likeness (QED) is 0.703. The molecule has 0 amide bonds. The molecule has 0 aliphatic rings. The number of halogens is 1. The van der Waals surface area contributed by atoms with Gasteiger partial charge in [-0.3, -0.25) is 0 Å². The van der Waals surface area contributed by atoms with Crippen molar-refractivity contribution in [3.8, 4) is 11.1 Å². The van der Waals surface area contributed by atoms with Gasteiger partial charge in [-0.2, -0.15) is 0 Å². The molecule has 0 fully saturated rings. The van der Waals surface area contributed by atoms with Crippen molar-refractivity contribution in [3.05, 3.63) is 53.8 Å². The van der Waals surface area contributed by atoms with Crippen LogP contribution in [0.1, 0.15) is 5.56 Å². The topological polar surface area (TPSA) is 26.0 Å². The monoisotopic (exact) mass is 201 g/mol. The van der Waals surface area contributed by atoms with Crippen molar-refractivity contribution >= 4 is 5.69 Å². The zero-order valence-electron chi connectivity index (χ0n) is 8.50. The summed E-state index contributed by atoms with van der Waals surface area (Å²) in [5.74, 6) is -0.232. The zero-order chi connectivity index (χ0) is 10.8. The lowest BCUT2D eigenvalue weighted by Crippen LogP contribution is -1.90. The zero-order valence-corrected chi connectivity index (χ0v) is 8.50. The summed E-state index contributed by atoms with van der Waals surface area (Å²) in [5.41, 5.74) is 9.63. The number of nitrogen functional groups attached to an aromatic ring is 1. The van der Waals surface area contributed by atoms with Gasteiger partial charge in [0.05, 0.1) is 0 Å². The van der Waals surface area contributed by atoms with Gasteiger partial charge in [-0.15, -0.1) is 0 Å². The summed E-state index contributed by atoms with van der Waals surface area (Å²) in [6, 6.07) is 12.2. The number of benzene rings is 2. The van der Waals surface area contributed by atoms with Gasteiger partial charge in [-0.05, 0) is 36.2 Å². The van der Waals surface area contributed by atoms with Crippen LogP contribution in [0.15, 0.2) is 42.5 Å². The van der Waals surface area contributed by atoms with Crippen LogP contribution in [0.2, 0.25) is 0 Å². The second-order valence-corrected chi connectivity index (χ2v) is 3.60. The van der Waals surface area contributed by atoms with E-state index in [1.165, 1.54) is 12.1 Å². The van der Waals surface area contributed by atoms with Crippen molar-refractivity contribution in [2.24, 2.45) is 0 Å². The van der Waals surface area contributed by atoms with Crippen LogP contribution < -0.4 is 5.73 Å². The van der Waals surface area contributed by atoms with Crippen molar-refractivity contribution in [2.75, 3.05) is 5.73 Å². The maximum Gasteiger partial charge on any atom is 0.123 e. The van der Waals surface area contributed by atoms with Crippen LogP contribution in [0, 0.1) is 12.7 Å². The molecule has 0 saturated heterocycles. The lowest BCUT2D eigenvalue weighted by molar-refractivity contribution is 0.628. The molecule has 0 aromatic heterocycles. The van der Waals surface area contributed by atoms with Gasteiger partial charge in [0.1, 0.15) is 5.82 Å². The predicted molar refractivity (Wildman–Crippen MR) is 61.0 cm³/mol. The molecule has 0 radical (unpaired) electrons. The van der Waals surface area contributed by atoms with Gasteiger partial charge in [0, 0.05) is 11.3 Å². The summed E-state index contributed by atoms with van der Waals surface area (Å²) in [6.07, 6.45) is 0. The summed E-state index contributed by atoms with van der Waals surface area (Å²) in [5, 5.41) is 0. The SMILES string of the molecule is Cc1ccc(-c2ccc(F)cc2)c(N)c1. The molecule has 0 heterocycles. The maximum atomic E-state index is 12.7. The van der Waals surface area contributed by atoms with E-state index in [0.29, 0.717) is 0 Å². The van der Waals surface area contributed by atoms with E-state index in [9.17, 15) is 4.39 Å². The van der Waals surface area contributed by atoms with E-state index >= 15 is 0 Å². The Labute approximate surface area is 88.4 Å². The highest BCUT2D eigenvalue weighted by molar-refractivity contribution is 5.76. The Morgan fingerprint density at radius 3 is 2.27 bits per heavy atom. The molecule has 0 unspecified atom stereocenters. The third-order valence-electron chi connectivity index (χ3n) is 2.36. The van der Waals surface area contributed by atoms with E-state index in [1.54, 1.807) is 12.1 Å². The fourth-order valence-electron chi connectivity index (χ4n) is 1.57. The fraction of sp³-hybridized carbons (Fsp3) is 0.0769. The molecule has 0 bridgehead atoms. The third-order valence-corrected chi connectivity index (χ3v) is 2.36. The second kappa shape index (κ2) is 3.73. The van der Waals surface area contributed by atoms with Gasteiger partial charge < -0.3 is 5.73 Å². The number of hydrogen-bond donors (Lipinski definition) is 1. The summed E-state index contributed by atoms with van der Waals surface area (Å²) in [4.78, 5) is 0. The lowest BCUT2D eigenvalue weighted by Gasteiger charge is -2.06. The molecule has 0 spiro atoms. The lowest BCUT2D eigenvalue weighted by atomic mass is 10.0. The standard InChI is InChI=1S/C13H12FN/c1-9-2-7-12(13(15)8-9)10-3-5-11(14)6-4-10/h2-8H,15H2,1H3. The summed E-state index contributed by atoms with van der Waals surface area (Å²) in [6.45, 7) is 1.99. The number of anilines is 1. The van der Waals surface area contributed by atoms with Crippen molar-refractivity contribution in [1.29, 1.82) is 0 Å². The van der Waals surface area contributed by atoms with E-state index in [2.05, 4.69) is 0 Å². The summed E-state index contributed by atoms with van der Waals surface area (Å²) < 4.78 is 12.7. The minimum absolute atomic E-state index is 0.232. The first-order valence-corrected chi connectivity index (χ1v) is 4.79. The van der Waals surface area contributed by atoms with E-state index in [1.807, 2.05) is 25.1 Å².